The average Bonchev–Trinajstić information content (AvgIpc) is 2.37. The van der Waals surface area contributed by atoms with Gasteiger partial charge in [0.25, 0.3) is 0 Å². The Bertz CT molecular complexity index is 478. The van der Waals surface area contributed by atoms with E-state index in [-0.39, 0.29) is 6.54 Å². The zero-order chi connectivity index (χ0) is 15.2. The van der Waals surface area contributed by atoms with Crippen LogP contribution in [0.2, 0.25) is 5.15 Å². The van der Waals surface area contributed by atoms with E-state index in [2.05, 4.69) is 20.2 Å². The van der Waals surface area contributed by atoms with E-state index in [0.29, 0.717) is 17.6 Å². The Morgan fingerprint density at radius 2 is 2.38 bits per heavy atom. The highest BCUT2D eigenvalue weighted by molar-refractivity contribution is 6.29. The van der Waals surface area contributed by atoms with Crippen LogP contribution in [-0.2, 0) is 11.3 Å². The number of hydrogen-bond acceptors (Lipinski definition) is 5. The molecule has 0 aliphatic carbocycles. The van der Waals surface area contributed by atoms with Gasteiger partial charge in [-0.2, -0.15) is 0 Å². The SMILES string of the molecule is Cc1cc(Cl)nc(CN2CCCC(CNCC(=O)O)C2)n1. The summed E-state index contributed by atoms with van der Waals surface area (Å²) in [5.41, 5.74) is 0.877. The van der Waals surface area contributed by atoms with E-state index < -0.39 is 5.97 Å². The van der Waals surface area contributed by atoms with Crippen LogP contribution in [0.1, 0.15) is 24.4 Å². The number of nitrogens with zero attached hydrogens (tertiary/aromatic N) is 3. The molecule has 2 rings (SSSR count). The van der Waals surface area contributed by atoms with E-state index >= 15 is 0 Å². The van der Waals surface area contributed by atoms with Gasteiger partial charge in [0, 0.05) is 12.2 Å². The van der Waals surface area contributed by atoms with Crippen molar-refractivity contribution in [2.75, 3.05) is 26.2 Å². The number of rotatable bonds is 6. The molecule has 1 aliphatic heterocycles. The van der Waals surface area contributed by atoms with Gasteiger partial charge in [-0.25, -0.2) is 9.97 Å². The van der Waals surface area contributed by atoms with Gasteiger partial charge in [-0.3, -0.25) is 9.69 Å². The van der Waals surface area contributed by atoms with Crippen molar-refractivity contribution in [3.8, 4) is 0 Å². The number of aromatic nitrogens is 2. The van der Waals surface area contributed by atoms with Crippen molar-refractivity contribution in [3.63, 3.8) is 0 Å². The molecule has 0 saturated carbocycles. The predicted octanol–water partition coefficient (Wildman–Crippen LogP) is 1.32. The van der Waals surface area contributed by atoms with Crippen LogP contribution in [0.4, 0.5) is 0 Å². The minimum Gasteiger partial charge on any atom is -0.480 e. The highest BCUT2D eigenvalue weighted by Crippen LogP contribution is 2.17. The summed E-state index contributed by atoms with van der Waals surface area (Å²) in [6, 6.07) is 1.75. The van der Waals surface area contributed by atoms with Gasteiger partial charge in [-0.15, -0.1) is 0 Å². The molecule has 2 heterocycles. The third kappa shape index (κ3) is 5.57. The molecule has 0 spiro atoms. The van der Waals surface area contributed by atoms with Crippen LogP contribution in [0.3, 0.4) is 0 Å². The molecule has 7 heteroatoms. The second-order valence-electron chi connectivity index (χ2n) is 5.52. The maximum Gasteiger partial charge on any atom is 0.317 e. The molecule has 1 saturated heterocycles. The highest BCUT2D eigenvalue weighted by Gasteiger charge is 2.20. The zero-order valence-corrected chi connectivity index (χ0v) is 12.9. The molecule has 1 atom stereocenters. The number of likely N-dealkylation sites (tertiary alicyclic amines) is 1. The summed E-state index contributed by atoms with van der Waals surface area (Å²) in [5, 5.41) is 12.1. The van der Waals surface area contributed by atoms with Crippen LogP contribution in [-0.4, -0.2) is 52.1 Å². The second kappa shape index (κ2) is 7.68. The molecule has 6 nitrogen and oxygen atoms in total. The summed E-state index contributed by atoms with van der Waals surface area (Å²) in [4.78, 5) is 21.5. The van der Waals surface area contributed by atoms with Gasteiger partial charge in [-0.05, 0) is 44.8 Å². The molecule has 21 heavy (non-hydrogen) atoms. The summed E-state index contributed by atoms with van der Waals surface area (Å²) in [6.07, 6.45) is 2.23. The first-order valence-electron chi connectivity index (χ1n) is 7.18. The Labute approximate surface area is 129 Å². The van der Waals surface area contributed by atoms with Gasteiger partial charge in [0.2, 0.25) is 0 Å². The van der Waals surface area contributed by atoms with Crippen LogP contribution >= 0.6 is 11.6 Å². The van der Waals surface area contributed by atoms with Crippen molar-refractivity contribution in [1.29, 1.82) is 0 Å². The smallest absolute Gasteiger partial charge is 0.317 e. The summed E-state index contributed by atoms with van der Waals surface area (Å²) < 4.78 is 0. The first-order valence-corrected chi connectivity index (χ1v) is 7.55. The van der Waals surface area contributed by atoms with Crippen LogP contribution in [0, 0.1) is 12.8 Å². The Hall–Kier alpha value is -1.24. The maximum atomic E-state index is 10.5. The van der Waals surface area contributed by atoms with E-state index in [9.17, 15) is 4.79 Å². The molecule has 0 aromatic carbocycles. The maximum absolute atomic E-state index is 10.5. The third-order valence-corrected chi connectivity index (χ3v) is 3.74. The highest BCUT2D eigenvalue weighted by atomic mass is 35.5. The van der Waals surface area contributed by atoms with Crippen LogP contribution in [0.25, 0.3) is 0 Å². The Morgan fingerprint density at radius 3 is 3.10 bits per heavy atom. The molecule has 1 unspecified atom stereocenters. The predicted molar refractivity (Wildman–Crippen MR) is 80.3 cm³/mol. The van der Waals surface area contributed by atoms with Gasteiger partial charge in [0.1, 0.15) is 11.0 Å². The molecular formula is C14H21ClN4O2. The van der Waals surface area contributed by atoms with Crippen molar-refractivity contribution in [2.24, 2.45) is 5.92 Å². The first kappa shape index (κ1) is 16.1. The Morgan fingerprint density at radius 1 is 1.57 bits per heavy atom. The first-order chi connectivity index (χ1) is 10.0. The standard InChI is InChI=1S/C14H21ClN4O2/c1-10-5-12(15)18-13(17-10)9-19-4-2-3-11(8-19)6-16-7-14(20)21/h5,11,16H,2-4,6-9H2,1H3,(H,20,21). The molecule has 1 aliphatic rings. The minimum absolute atomic E-state index is 0.0209. The number of hydrogen-bond donors (Lipinski definition) is 2. The summed E-state index contributed by atoms with van der Waals surface area (Å²) in [7, 11) is 0. The molecule has 0 bridgehead atoms. The molecule has 0 amide bonds. The van der Waals surface area contributed by atoms with Gasteiger partial charge in [0.15, 0.2) is 0 Å². The topological polar surface area (TPSA) is 78.4 Å². The van der Waals surface area contributed by atoms with Gasteiger partial charge in [-0.1, -0.05) is 11.6 Å². The molecule has 116 valence electrons. The number of carboxylic acid groups (broad SMARTS) is 1. The zero-order valence-electron chi connectivity index (χ0n) is 12.2. The van der Waals surface area contributed by atoms with Crippen molar-refractivity contribution in [2.45, 2.75) is 26.3 Å². The molecular weight excluding hydrogens is 292 g/mol. The fourth-order valence-corrected chi connectivity index (χ4v) is 2.96. The van der Waals surface area contributed by atoms with Crippen LogP contribution in [0.5, 0.6) is 0 Å². The minimum atomic E-state index is -0.814. The quantitative estimate of drug-likeness (QED) is 0.772. The fraction of sp³-hybridized carbons (Fsp3) is 0.643. The number of carbonyl (C=O) groups is 1. The molecule has 0 radical (unpaired) electrons. The number of carboxylic acids is 1. The van der Waals surface area contributed by atoms with E-state index in [1.807, 2.05) is 6.92 Å². The Balaban J connectivity index is 1.84. The van der Waals surface area contributed by atoms with E-state index in [4.69, 9.17) is 16.7 Å². The number of halogens is 1. The molecule has 1 fully saturated rings. The van der Waals surface area contributed by atoms with Gasteiger partial charge in [0.05, 0.1) is 13.1 Å². The normalized spacial score (nSPS) is 19.6. The lowest BCUT2D eigenvalue weighted by atomic mass is 9.98. The van der Waals surface area contributed by atoms with E-state index in [1.54, 1.807) is 6.07 Å². The summed E-state index contributed by atoms with van der Waals surface area (Å²) in [6.45, 7) is 5.31. The number of nitrogens with one attached hydrogen (secondary N) is 1. The van der Waals surface area contributed by atoms with Gasteiger partial charge >= 0.3 is 5.97 Å². The largest absolute Gasteiger partial charge is 0.480 e. The number of aliphatic carboxylic acids is 1. The molecule has 1 aromatic rings. The van der Waals surface area contributed by atoms with Crippen molar-refractivity contribution >= 4 is 17.6 Å². The average molecular weight is 313 g/mol. The van der Waals surface area contributed by atoms with Crippen LogP contribution in [0.15, 0.2) is 6.07 Å². The summed E-state index contributed by atoms with van der Waals surface area (Å²) in [5.74, 6) is 0.406. The lowest BCUT2D eigenvalue weighted by molar-refractivity contribution is -0.136. The molecule has 2 N–H and O–H groups in total. The van der Waals surface area contributed by atoms with Crippen molar-refractivity contribution in [1.82, 2.24) is 20.2 Å². The third-order valence-electron chi connectivity index (χ3n) is 3.55. The lowest BCUT2D eigenvalue weighted by Gasteiger charge is -2.32. The fourth-order valence-electron chi connectivity index (χ4n) is 2.70. The van der Waals surface area contributed by atoms with E-state index in [0.717, 1.165) is 44.0 Å². The van der Waals surface area contributed by atoms with Crippen LogP contribution < -0.4 is 5.32 Å². The number of aryl methyl sites for hydroxylation is 1. The second-order valence-corrected chi connectivity index (χ2v) is 5.90. The van der Waals surface area contributed by atoms with E-state index in [1.165, 1.54) is 0 Å². The lowest BCUT2D eigenvalue weighted by Crippen LogP contribution is -2.40. The monoisotopic (exact) mass is 312 g/mol. The Kier molecular flexibility index (Phi) is 5.90. The van der Waals surface area contributed by atoms with Crippen molar-refractivity contribution < 1.29 is 9.90 Å². The molecule has 1 aromatic heterocycles. The van der Waals surface area contributed by atoms with Gasteiger partial charge < -0.3 is 10.4 Å². The van der Waals surface area contributed by atoms with Crippen molar-refractivity contribution in [3.05, 3.63) is 22.7 Å². The summed E-state index contributed by atoms with van der Waals surface area (Å²) >= 11 is 5.96. The number of piperidine rings is 1.